The van der Waals surface area contributed by atoms with Crippen LogP contribution in [0.1, 0.15) is 55.6 Å². The number of amides is 2. The molecule has 0 spiro atoms. The lowest BCUT2D eigenvalue weighted by Gasteiger charge is -2.34. The van der Waals surface area contributed by atoms with Gasteiger partial charge in [0.15, 0.2) is 0 Å². The van der Waals surface area contributed by atoms with E-state index in [0.29, 0.717) is 23.7 Å². The molecule has 0 radical (unpaired) electrons. The number of likely N-dealkylation sites (tertiary alicyclic amines) is 1. The second-order valence-corrected chi connectivity index (χ2v) is 11.1. The van der Waals surface area contributed by atoms with Gasteiger partial charge in [-0.3, -0.25) is 4.79 Å². The van der Waals surface area contributed by atoms with Gasteiger partial charge in [0.05, 0.1) is 11.6 Å². The molecule has 3 heterocycles. The van der Waals surface area contributed by atoms with Crippen LogP contribution in [0.5, 0.6) is 0 Å². The Labute approximate surface area is 229 Å². The van der Waals surface area contributed by atoms with Gasteiger partial charge in [0.25, 0.3) is 0 Å². The van der Waals surface area contributed by atoms with Crippen LogP contribution in [-0.4, -0.2) is 72.2 Å². The van der Waals surface area contributed by atoms with Crippen LogP contribution in [0.25, 0.3) is 0 Å². The standard InChI is InChI=1S/C29H34ClN5O3/c1-33(29(37)38-24-4-2-3-5-24)26-19-35(18-25(26)21-7-9-23(30)10-8-21)28(36)22-12-14-34(15-13-22)27-11-6-20(16-31)17-32-27/h6-11,17,22,24-26H,2-5,12-15,18-19H2,1H3/t25?,26-/m1/s1. The number of hydrogen-bond acceptors (Lipinski definition) is 6. The molecule has 38 heavy (non-hydrogen) atoms. The number of carbonyl (C=O) groups excluding carboxylic acids is 2. The molecular weight excluding hydrogens is 502 g/mol. The predicted octanol–water partition coefficient (Wildman–Crippen LogP) is 4.83. The first-order valence-corrected chi connectivity index (χ1v) is 13.9. The topological polar surface area (TPSA) is 89.8 Å². The molecule has 2 atom stereocenters. The second kappa shape index (κ2) is 11.6. The predicted molar refractivity (Wildman–Crippen MR) is 145 cm³/mol. The van der Waals surface area contributed by atoms with E-state index in [-0.39, 0.29) is 36.0 Å². The van der Waals surface area contributed by atoms with E-state index in [1.807, 2.05) is 35.2 Å². The summed E-state index contributed by atoms with van der Waals surface area (Å²) >= 11 is 6.14. The average Bonchev–Trinajstić information content (AvgIpc) is 3.63. The van der Waals surface area contributed by atoms with Crippen molar-refractivity contribution < 1.29 is 14.3 Å². The first-order valence-electron chi connectivity index (χ1n) is 13.5. The van der Waals surface area contributed by atoms with E-state index in [9.17, 15) is 9.59 Å². The Morgan fingerprint density at radius 3 is 2.39 bits per heavy atom. The zero-order valence-corrected chi connectivity index (χ0v) is 22.5. The minimum absolute atomic E-state index is 0.00569. The summed E-state index contributed by atoms with van der Waals surface area (Å²) in [7, 11) is 1.79. The van der Waals surface area contributed by atoms with Crippen LogP contribution in [-0.2, 0) is 9.53 Å². The third kappa shape index (κ3) is 5.73. The number of hydrogen-bond donors (Lipinski definition) is 0. The normalized spacial score (nSPS) is 22.3. The molecule has 2 saturated heterocycles. The molecule has 1 saturated carbocycles. The number of pyridine rings is 1. The summed E-state index contributed by atoms with van der Waals surface area (Å²) in [6.07, 6.45) is 6.80. The van der Waals surface area contributed by atoms with Crippen LogP contribution in [0.2, 0.25) is 5.02 Å². The highest BCUT2D eigenvalue weighted by Crippen LogP contribution is 2.34. The van der Waals surface area contributed by atoms with E-state index in [4.69, 9.17) is 21.6 Å². The van der Waals surface area contributed by atoms with Crippen molar-refractivity contribution in [3.05, 3.63) is 58.7 Å². The van der Waals surface area contributed by atoms with Crippen LogP contribution in [0.15, 0.2) is 42.6 Å². The number of ether oxygens (including phenoxy) is 1. The van der Waals surface area contributed by atoms with Gasteiger partial charge in [0.1, 0.15) is 18.0 Å². The quantitative estimate of drug-likeness (QED) is 0.545. The van der Waals surface area contributed by atoms with Crippen LogP contribution in [0, 0.1) is 17.2 Å². The van der Waals surface area contributed by atoms with Crippen molar-refractivity contribution in [2.45, 2.75) is 56.6 Å². The molecule has 1 unspecified atom stereocenters. The Morgan fingerprint density at radius 2 is 1.76 bits per heavy atom. The highest BCUT2D eigenvalue weighted by atomic mass is 35.5. The molecular formula is C29H34ClN5O3. The van der Waals surface area contributed by atoms with Crippen molar-refractivity contribution in [3.63, 3.8) is 0 Å². The molecule has 0 N–H and O–H groups in total. The van der Waals surface area contributed by atoms with Gasteiger partial charge in [-0.25, -0.2) is 9.78 Å². The molecule has 0 bridgehead atoms. The second-order valence-electron chi connectivity index (χ2n) is 10.6. The zero-order valence-electron chi connectivity index (χ0n) is 21.8. The van der Waals surface area contributed by atoms with Crippen LogP contribution in [0.4, 0.5) is 10.6 Å². The smallest absolute Gasteiger partial charge is 0.410 e. The molecule has 1 aromatic heterocycles. The van der Waals surface area contributed by atoms with Gasteiger partial charge in [-0.05, 0) is 68.4 Å². The van der Waals surface area contributed by atoms with Crippen molar-refractivity contribution >= 4 is 29.4 Å². The van der Waals surface area contributed by atoms with Crippen LogP contribution >= 0.6 is 11.6 Å². The van der Waals surface area contributed by atoms with E-state index in [2.05, 4.69) is 16.0 Å². The molecule has 5 rings (SSSR count). The van der Waals surface area contributed by atoms with Crippen molar-refractivity contribution in [3.8, 4) is 6.07 Å². The molecule has 2 amide bonds. The van der Waals surface area contributed by atoms with E-state index < -0.39 is 0 Å². The zero-order chi connectivity index (χ0) is 26.6. The highest BCUT2D eigenvalue weighted by molar-refractivity contribution is 6.30. The summed E-state index contributed by atoms with van der Waals surface area (Å²) in [6, 6.07) is 13.3. The number of likely N-dealkylation sites (N-methyl/N-ethyl adjacent to an activating group) is 1. The molecule has 1 aliphatic carbocycles. The molecule has 8 nitrogen and oxygen atoms in total. The van der Waals surface area contributed by atoms with Crippen LogP contribution < -0.4 is 4.90 Å². The molecule has 3 aliphatic rings. The number of aromatic nitrogens is 1. The summed E-state index contributed by atoms with van der Waals surface area (Å²) in [5.41, 5.74) is 1.60. The van der Waals surface area contributed by atoms with E-state index >= 15 is 0 Å². The van der Waals surface area contributed by atoms with Crippen molar-refractivity contribution in [2.24, 2.45) is 5.92 Å². The molecule has 1 aromatic carbocycles. The van der Waals surface area contributed by atoms with Crippen molar-refractivity contribution in [1.82, 2.24) is 14.8 Å². The molecule has 9 heteroatoms. The minimum atomic E-state index is -0.307. The maximum Gasteiger partial charge on any atom is 0.410 e. The van der Waals surface area contributed by atoms with Gasteiger partial charge in [-0.1, -0.05) is 23.7 Å². The fraction of sp³-hybridized carbons (Fsp3) is 0.517. The van der Waals surface area contributed by atoms with Crippen LogP contribution in [0.3, 0.4) is 0 Å². The lowest BCUT2D eigenvalue weighted by molar-refractivity contribution is -0.135. The lowest BCUT2D eigenvalue weighted by atomic mass is 9.93. The Balaban J connectivity index is 1.25. The van der Waals surface area contributed by atoms with E-state index in [1.165, 1.54) is 0 Å². The number of carbonyl (C=O) groups is 2. The first kappa shape index (κ1) is 26.3. The van der Waals surface area contributed by atoms with E-state index in [0.717, 1.165) is 63.0 Å². The Kier molecular flexibility index (Phi) is 8.04. The summed E-state index contributed by atoms with van der Waals surface area (Å²) in [4.78, 5) is 36.9. The number of piperidine rings is 1. The number of rotatable bonds is 5. The number of anilines is 1. The lowest BCUT2D eigenvalue weighted by Crippen LogP contribution is -2.45. The van der Waals surface area contributed by atoms with Gasteiger partial charge in [-0.2, -0.15) is 5.26 Å². The fourth-order valence-electron chi connectivity index (χ4n) is 6.02. The van der Waals surface area contributed by atoms with E-state index in [1.54, 1.807) is 24.2 Å². The third-order valence-corrected chi connectivity index (χ3v) is 8.55. The maximum atomic E-state index is 13.7. The number of nitrogens with zero attached hydrogens (tertiary/aromatic N) is 5. The summed E-state index contributed by atoms with van der Waals surface area (Å²) < 4.78 is 5.80. The molecule has 2 aromatic rings. The summed E-state index contributed by atoms with van der Waals surface area (Å²) in [6.45, 7) is 2.52. The average molecular weight is 536 g/mol. The van der Waals surface area contributed by atoms with Crippen molar-refractivity contribution in [2.75, 3.05) is 38.1 Å². The van der Waals surface area contributed by atoms with Gasteiger partial charge in [-0.15, -0.1) is 0 Å². The Hall–Kier alpha value is -3.31. The Bertz CT molecular complexity index is 1170. The molecule has 3 fully saturated rings. The molecule has 2 aliphatic heterocycles. The number of benzene rings is 1. The summed E-state index contributed by atoms with van der Waals surface area (Å²) in [5.74, 6) is 0.906. The first-order chi connectivity index (χ1) is 18.4. The highest BCUT2D eigenvalue weighted by Gasteiger charge is 2.42. The Morgan fingerprint density at radius 1 is 1.05 bits per heavy atom. The monoisotopic (exact) mass is 535 g/mol. The number of halogens is 1. The minimum Gasteiger partial charge on any atom is -0.446 e. The molecule has 200 valence electrons. The largest absolute Gasteiger partial charge is 0.446 e. The van der Waals surface area contributed by atoms with Gasteiger partial charge in [0, 0.05) is 56.3 Å². The maximum absolute atomic E-state index is 13.7. The van der Waals surface area contributed by atoms with Gasteiger partial charge in [0.2, 0.25) is 5.91 Å². The van der Waals surface area contributed by atoms with Crippen molar-refractivity contribution in [1.29, 1.82) is 5.26 Å². The van der Waals surface area contributed by atoms with Gasteiger partial charge >= 0.3 is 6.09 Å². The SMILES string of the molecule is CN(C(=O)OC1CCCC1)[C@@H]1CN(C(=O)C2CCN(c3ccc(C#N)cn3)CC2)CC1c1ccc(Cl)cc1. The number of nitriles is 1. The summed E-state index contributed by atoms with van der Waals surface area (Å²) in [5, 5.41) is 9.67. The third-order valence-electron chi connectivity index (χ3n) is 8.30. The fourth-order valence-corrected chi connectivity index (χ4v) is 6.14. The van der Waals surface area contributed by atoms with Gasteiger partial charge < -0.3 is 19.4 Å².